The first kappa shape index (κ1) is 18.5. The van der Waals surface area contributed by atoms with E-state index in [1.807, 2.05) is 0 Å². The van der Waals surface area contributed by atoms with E-state index in [1.165, 1.54) is 18.2 Å². The number of nitrogens with zero attached hydrogens (tertiary/aromatic N) is 2. The number of carbonyl (C=O) groups excluding carboxylic acids is 1. The number of rotatable bonds is 6. The number of amides is 1. The van der Waals surface area contributed by atoms with Crippen LogP contribution in [-0.4, -0.2) is 66.5 Å². The Kier molecular flexibility index (Phi) is 6.44. The lowest BCUT2D eigenvalue weighted by Gasteiger charge is -2.34. The minimum absolute atomic E-state index is 0.0829. The molecule has 134 valence electrons. The van der Waals surface area contributed by atoms with E-state index in [-0.39, 0.29) is 31.1 Å². The molecule has 0 atom stereocenters. The van der Waals surface area contributed by atoms with Gasteiger partial charge in [0.2, 0.25) is 5.91 Å². The van der Waals surface area contributed by atoms with E-state index in [1.54, 1.807) is 11.0 Å². The maximum Gasteiger partial charge on any atom is 0.573 e. The Labute approximate surface area is 138 Å². The first-order chi connectivity index (χ1) is 11.4. The van der Waals surface area contributed by atoms with Gasteiger partial charge < -0.3 is 14.7 Å². The number of β-amino-alcohol motifs (C(OH)–C–C–N with tert-alkyl or cyclic N) is 1. The fourth-order valence-electron chi connectivity index (χ4n) is 2.70. The summed E-state index contributed by atoms with van der Waals surface area (Å²) >= 11 is 0. The fourth-order valence-corrected chi connectivity index (χ4v) is 2.70. The van der Waals surface area contributed by atoms with Gasteiger partial charge in [0, 0.05) is 39.1 Å². The standard InChI is InChI=1S/C16H21F3N2O3/c17-16(18,19)24-14-4-2-1-3-13(14)5-6-15(23)21-9-7-20(8-10-21)11-12-22/h1-4,22H,5-12H2. The van der Waals surface area contributed by atoms with Gasteiger partial charge in [-0.05, 0) is 18.1 Å². The van der Waals surface area contributed by atoms with Crippen LogP contribution in [0.15, 0.2) is 24.3 Å². The van der Waals surface area contributed by atoms with Crippen LogP contribution in [0, 0.1) is 0 Å². The minimum Gasteiger partial charge on any atom is -0.406 e. The molecule has 0 radical (unpaired) electrons. The lowest BCUT2D eigenvalue weighted by atomic mass is 10.1. The van der Waals surface area contributed by atoms with Crippen LogP contribution in [0.1, 0.15) is 12.0 Å². The van der Waals surface area contributed by atoms with Crippen LogP contribution in [0.5, 0.6) is 5.75 Å². The summed E-state index contributed by atoms with van der Waals surface area (Å²) in [5, 5.41) is 8.90. The molecule has 2 rings (SSSR count). The molecule has 1 N–H and O–H groups in total. The molecule has 0 saturated carbocycles. The van der Waals surface area contributed by atoms with Gasteiger partial charge in [-0.3, -0.25) is 9.69 Å². The zero-order valence-corrected chi connectivity index (χ0v) is 13.3. The monoisotopic (exact) mass is 346 g/mol. The molecule has 1 heterocycles. The molecule has 1 aliphatic rings. The number of benzene rings is 1. The van der Waals surface area contributed by atoms with E-state index in [2.05, 4.69) is 9.64 Å². The van der Waals surface area contributed by atoms with E-state index in [0.717, 1.165) is 0 Å². The number of alkyl halides is 3. The van der Waals surface area contributed by atoms with Crippen LogP contribution in [-0.2, 0) is 11.2 Å². The third kappa shape index (κ3) is 5.68. The van der Waals surface area contributed by atoms with Crippen molar-refractivity contribution in [2.24, 2.45) is 0 Å². The van der Waals surface area contributed by atoms with Crippen molar-refractivity contribution >= 4 is 5.91 Å². The van der Waals surface area contributed by atoms with Gasteiger partial charge in [-0.2, -0.15) is 0 Å². The number of piperazine rings is 1. The van der Waals surface area contributed by atoms with Crippen LogP contribution in [0.25, 0.3) is 0 Å². The molecule has 8 heteroatoms. The van der Waals surface area contributed by atoms with Crippen LogP contribution < -0.4 is 4.74 Å². The number of hydrogen-bond acceptors (Lipinski definition) is 4. The number of halogens is 3. The highest BCUT2D eigenvalue weighted by Gasteiger charge is 2.32. The zero-order chi connectivity index (χ0) is 17.6. The molecule has 0 spiro atoms. The van der Waals surface area contributed by atoms with E-state index >= 15 is 0 Å². The van der Waals surface area contributed by atoms with Crippen LogP contribution in [0.3, 0.4) is 0 Å². The Morgan fingerprint density at radius 1 is 1.17 bits per heavy atom. The summed E-state index contributed by atoms with van der Waals surface area (Å²) in [6.45, 7) is 3.20. The first-order valence-electron chi connectivity index (χ1n) is 7.83. The van der Waals surface area contributed by atoms with E-state index in [4.69, 9.17) is 5.11 Å². The first-order valence-corrected chi connectivity index (χ1v) is 7.83. The van der Waals surface area contributed by atoms with Crippen LogP contribution in [0.4, 0.5) is 13.2 Å². The summed E-state index contributed by atoms with van der Waals surface area (Å²) in [6.07, 6.45) is -4.41. The SMILES string of the molecule is O=C(CCc1ccccc1OC(F)(F)F)N1CCN(CCO)CC1. The van der Waals surface area contributed by atoms with Gasteiger partial charge >= 0.3 is 6.36 Å². The predicted octanol–water partition coefficient (Wildman–Crippen LogP) is 1.65. The van der Waals surface area contributed by atoms with Gasteiger partial charge in [0.15, 0.2) is 0 Å². The summed E-state index contributed by atoms with van der Waals surface area (Å²) in [4.78, 5) is 16.0. The topological polar surface area (TPSA) is 53.0 Å². The summed E-state index contributed by atoms with van der Waals surface area (Å²) in [6, 6.07) is 5.87. The Balaban J connectivity index is 1.86. The fraction of sp³-hybridized carbons (Fsp3) is 0.562. The third-order valence-electron chi connectivity index (χ3n) is 3.95. The van der Waals surface area contributed by atoms with Crippen LogP contribution in [0.2, 0.25) is 0 Å². The number of ether oxygens (including phenoxy) is 1. The Morgan fingerprint density at radius 3 is 2.46 bits per heavy atom. The average molecular weight is 346 g/mol. The van der Waals surface area contributed by atoms with Crippen molar-refractivity contribution < 1.29 is 27.8 Å². The Hall–Kier alpha value is -1.80. The van der Waals surface area contributed by atoms with Gasteiger partial charge in [0.1, 0.15) is 5.75 Å². The van der Waals surface area contributed by atoms with Gasteiger partial charge in [-0.1, -0.05) is 18.2 Å². The molecule has 1 amide bonds. The van der Waals surface area contributed by atoms with E-state index < -0.39 is 6.36 Å². The van der Waals surface area contributed by atoms with Crippen molar-refractivity contribution in [3.63, 3.8) is 0 Å². The lowest BCUT2D eigenvalue weighted by molar-refractivity contribution is -0.274. The van der Waals surface area contributed by atoms with Gasteiger partial charge in [0.05, 0.1) is 6.61 Å². The zero-order valence-electron chi connectivity index (χ0n) is 13.3. The molecular formula is C16H21F3N2O3. The van der Waals surface area contributed by atoms with Crippen molar-refractivity contribution in [2.45, 2.75) is 19.2 Å². The molecule has 1 aromatic carbocycles. The molecule has 1 saturated heterocycles. The third-order valence-corrected chi connectivity index (χ3v) is 3.95. The van der Waals surface area contributed by atoms with Crippen molar-refractivity contribution in [2.75, 3.05) is 39.3 Å². The highest BCUT2D eigenvalue weighted by molar-refractivity contribution is 5.76. The molecule has 1 aliphatic heterocycles. The van der Waals surface area contributed by atoms with Gasteiger partial charge in [0.25, 0.3) is 0 Å². The smallest absolute Gasteiger partial charge is 0.406 e. The van der Waals surface area contributed by atoms with Gasteiger partial charge in [-0.25, -0.2) is 0 Å². The number of para-hydroxylation sites is 1. The molecule has 0 aliphatic carbocycles. The maximum atomic E-state index is 12.4. The second-order valence-corrected chi connectivity index (χ2v) is 5.60. The molecule has 1 aromatic rings. The number of aliphatic hydroxyl groups is 1. The van der Waals surface area contributed by atoms with Crippen molar-refractivity contribution in [1.82, 2.24) is 9.80 Å². The second-order valence-electron chi connectivity index (χ2n) is 5.60. The summed E-state index contributed by atoms with van der Waals surface area (Å²) in [5.74, 6) is -0.342. The molecule has 0 aromatic heterocycles. The molecule has 24 heavy (non-hydrogen) atoms. The second kappa shape index (κ2) is 8.34. The quantitative estimate of drug-likeness (QED) is 0.851. The number of aryl methyl sites for hydroxylation is 1. The van der Waals surface area contributed by atoms with Gasteiger partial charge in [-0.15, -0.1) is 13.2 Å². The summed E-state index contributed by atoms with van der Waals surface area (Å²) < 4.78 is 41.2. The number of hydrogen-bond donors (Lipinski definition) is 1. The molecule has 0 bridgehead atoms. The van der Waals surface area contributed by atoms with Crippen molar-refractivity contribution in [1.29, 1.82) is 0 Å². The van der Waals surface area contributed by atoms with E-state index in [9.17, 15) is 18.0 Å². The van der Waals surface area contributed by atoms with Crippen molar-refractivity contribution in [3.8, 4) is 5.75 Å². The number of carbonyl (C=O) groups is 1. The summed E-state index contributed by atoms with van der Waals surface area (Å²) in [7, 11) is 0. The number of aliphatic hydroxyl groups excluding tert-OH is 1. The predicted molar refractivity (Wildman–Crippen MR) is 81.6 cm³/mol. The molecular weight excluding hydrogens is 325 g/mol. The lowest BCUT2D eigenvalue weighted by Crippen LogP contribution is -2.49. The Morgan fingerprint density at radius 2 is 1.83 bits per heavy atom. The minimum atomic E-state index is -4.75. The van der Waals surface area contributed by atoms with Crippen LogP contribution >= 0.6 is 0 Å². The highest BCUT2D eigenvalue weighted by atomic mass is 19.4. The maximum absolute atomic E-state index is 12.4. The normalized spacial score (nSPS) is 16.2. The highest BCUT2D eigenvalue weighted by Crippen LogP contribution is 2.27. The van der Waals surface area contributed by atoms with E-state index in [0.29, 0.717) is 38.3 Å². The average Bonchev–Trinajstić information content (AvgIpc) is 2.53. The van der Waals surface area contributed by atoms with Crippen molar-refractivity contribution in [3.05, 3.63) is 29.8 Å². The molecule has 0 unspecified atom stereocenters. The Bertz CT molecular complexity index is 544. The molecule has 1 fully saturated rings. The molecule has 5 nitrogen and oxygen atoms in total. The summed E-state index contributed by atoms with van der Waals surface area (Å²) in [5.41, 5.74) is 0.363. The largest absolute Gasteiger partial charge is 0.573 e.